The van der Waals surface area contributed by atoms with Gasteiger partial charge in [-0.05, 0) is 56.1 Å². The number of likely N-dealkylation sites (N-methyl/N-ethyl adjacent to an activating group) is 1. The summed E-state index contributed by atoms with van der Waals surface area (Å²) >= 11 is 0. The first-order chi connectivity index (χ1) is 14.5. The lowest BCUT2D eigenvalue weighted by Gasteiger charge is -2.47. The van der Waals surface area contributed by atoms with E-state index in [4.69, 9.17) is 9.47 Å². The van der Waals surface area contributed by atoms with Crippen molar-refractivity contribution in [3.63, 3.8) is 0 Å². The van der Waals surface area contributed by atoms with Crippen LogP contribution in [0.3, 0.4) is 0 Å². The lowest BCUT2D eigenvalue weighted by Crippen LogP contribution is -2.56. The highest BCUT2D eigenvalue weighted by Crippen LogP contribution is 2.41. The standard InChI is InChI=1S/C23H32N4O3/c1-25-17-20(29-2)14-23(22(25)28)7-11-26(12-8-23)15-18-5-6-21(30-3)19(13-18)16-27-10-4-9-24-27/h4-6,9-10,13,20H,7-8,11-12,14-17H2,1-3H3. The molecule has 7 heteroatoms. The number of benzene rings is 1. The summed E-state index contributed by atoms with van der Waals surface area (Å²) < 4.78 is 13.1. The van der Waals surface area contributed by atoms with E-state index in [1.165, 1.54) is 5.56 Å². The van der Waals surface area contributed by atoms with Crippen LogP contribution in [0.5, 0.6) is 5.75 Å². The molecule has 0 N–H and O–H groups in total. The van der Waals surface area contributed by atoms with Crippen LogP contribution in [-0.4, -0.2) is 72.5 Å². The fourth-order valence-electron chi connectivity index (χ4n) is 4.98. The predicted octanol–water partition coefficient (Wildman–Crippen LogP) is 2.40. The molecule has 3 heterocycles. The monoisotopic (exact) mass is 412 g/mol. The minimum absolute atomic E-state index is 0.144. The van der Waals surface area contributed by atoms with E-state index in [9.17, 15) is 4.79 Å². The van der Waals surface area contributed by atoms with Crippen LogP contribution in [0.25, 0.3) is 0 Å². The predicted molar refractivity (Wildman–Crippen MR) is 114 cm³/mol. The van der Waals surface area contributed by atoms with Gasteiger partial charge in [0.25, 0.3) is 0 Å². The highest BCUT2D eigenvalue weighted by Gasteiger charge is 2.47. The molecule has 1 unspecified atom stereocenters. The summed E-state index contributed by atoms with van der Waals surface area (Å²) in [4.78, 5) is 17.2. The number of rotatable bonds is 6. The summed E-state index contributed by atoms with van der Waals surface area (Å²) in [6, 6.07) is 8.32. The largest absolute Gasteiger partial charge is 0.496 e. The molecule has 1 aromatic carbocycles. The van der Waals surface area contributed by atoms with Gasteiger partial charge < -0.3 is 14.4 Å². The second-order valence-corrected chi connectivity index (χ2v) is 8.65. The summed E-state index contributed by atoms with van der Waals surface area (Å²) in [5.74, 6) is 1.18. The minimum atomic E-state index is -0.255. The first-order valence-electron chi connectivity index (χ1n) is 10.7. The zero-order chi connectivity index (χ0) is 21.1. The van der Waals surface area contributed by atoms with Crippen molar-refractivity contribution in [1.82, 2.24) is 19.6 Å². The van der Waals surface area contributed by atoms with Crippen LogP contribution in [0.1, 0.15) is 30.4 Å². The number of hydrogen-bond donors (Lipinski definition) is 0. The van der Waals surface area contributed by atoms with Crippen LogP contribution in [0, 0.1) is 5.41 Å². The topological polar surface area (TPSA) is 59.8 Å². The average molecular weight is 413 g/mol. The lowest BCUT2D eigenvalue weighted by atomic mass is 9.71. The van der Waals surface area contributed by atoms with Gasteiger partial charge in [-0.1, -0.05) is 6.07 Å². The van der Waals surface area contributed by atoms with Crippen LogP contribution in [0.15, 0.2) is 36.7 Å². The number of amides is 1. The third kappa shape index (κ3) is 4.23. The van der Waals surface area contributed by atoms with Crippen molar-refractivity contribution in [2.75, 3.05) is 40.9 Å². The summed E-state index contributed by atoms with van der Waals surface area (Å²) in [7, 11) is 5.36. The number of carbonyl (C=O) groups excluding carboxylic acids is 1. The lowest BCUT2D eigenvalue weighted by molar-refractivity contribution is -0.156. The quantitative estimate of drug-likeness (QED) is 0.729. The van der Waals surface area contributed by atoms with Crippen molar-refractivity contribution < 1.29 is 14.3 Å². The van der Waals surface area contributed by atoms with Gasteiger partial charge in [0.1, 0.15) is 5.75 Å². The molecular weight excluding hydrogens is 380 g/mol. The maximum atomic E-state index is 12.9. The summed E-state index contributed by atoms with van der Waals surface area (Å²) in [5.41, 5.74) is 2.13. The van der Waals surface area contributed by atoms with E-state index >= 15 is 0 Å². The van der Waals surface area contributed by atoms with Crippen LogP contribution in [-0.2, 0) is 22.6 Å². The molecule has 2 aliphatic heterocycles. The Labute approximate surface area is 178 Å². The molecule has 2 saturated heterocycles. The molecule has 1 amide bonds. The molecule has 0 aliphatic carbocycles. The third-order valence-electron chi connectivity index (χ3n) is 6.69. The number of hydrogen-bond acceptors (Lipinski definition) is 5. The van der Waals surface area contributed by atoms with Gasteiger partial charge in [0.15, 0.2) is 0 Å². The number of nitrogens with zero attached hydrogens (tertiary/aromatic N) is 4. The van der Waals surface area contributed by atoms with Gasteiger partial charge in [-0.2, -0.15) is 5.10 Å². The Balaban J connectivity index is 1.42. The van der Waals surface area contributed by atoms with Crippen molar-refractivity contribution in [2.45, 2.75) is 38.5 Å². The molecule has 4 rings (SSSR count). The number of ether oxygens (including phenoxy) is 2. The molecule has 0 radical (unpaired) electrons. The van der Waals surface area contributed by atoms with Crippen LogP contribution >= 0.6 is 0 Å². The van der Waals surface area contributed by atoms with Crippen molar-refractivity contribution >= 4 is 5.91 Å². The van der Waals surface area contributed by atoms with Crippen LogP contribution in [0.4, 0.5) is 0 Å². The van der Waals surface area contributed by atoms with Crippen molar-refractivity contribution in [3.05, 3.63) is 47.8 Å². The van der Waals surface area contributed by atoms with Crippen LogP contribution < -0.4 is 4.74 Å². The Bertz CT molecular complexity index is 859. The van der Waals surface area contributed by atoms with Gasteiger partial charge >= 0.3 is 0 Å². The van der Waals surface area contributed by atoms with E-state index in [1.807, 2.05) is 35.0 Å². The summed E-state index contributed by atoms with van der Waals surface area (Å²) in [6.45, 7) is 4.12. The van der Waals surface area contributed by atoms with Gasteiger partial charge in [0.05, 0.1) is 25.2 Å². The maximum absolute atomic E-state index is 12.9. The summed E-state index contributed by atoms with van der Waals surface area (Å²) in [6.07, 6.45) is 6.53. The highest BCUT2D eigenvalue weighted by atomic mass is 16.5. The zero-order valence-corrected chi connectivity index (χ0v) is 18.2. The summed E-state index contributed by atoms with van der Waals surface area (Å²) in [5, 5.41) is 4.31. The zero-order valence-electron chi connectivity index (χ0n) is 18.2. The first-order valence-corrected chi connectivity index (χ1v) is 10.7. The molecule has 1 aromatic heterocycles. The molecule has 1 atom stereocenters. The van der Waals surface area contributed by atoms with E-state index in [0.29, 0.717) is 19.0 Å². The van der Waals surface area contributed by atoms with E-state index in [-0.39, 0.29) is 11.5 Å². The Kier molecular flexibility index (Phi) is 6.11. The molecule has 1 spiro atoms. The molecule has 2 aliphatic rings. The van der Waals surface area contributed by atoms with Crippen molar-refractivity contribution in [3.8, 4) is 5.75 Å². The molecule has 2 fully saturated rings. The Hall–Kier alpha value is -2.38. The number of carbonyl (C=O) groups is 1. The van der Waals surface area contributed by atoms with Gasteiger partial charge in [0, 0.05) is 45.2 Å². The van der Waals surface area contributed by atoms with Gasteiger partial charge in [-0.15, -0.1) is 0 Å². The smallest absolute Gasteiger partial charge is 0.228 e. The first kappa shape index (κ1) is 20.9. The Morgan fingerprint density at radius 1 is 1.20 bits per heavy atom. The number of piperidine rings is 2. The Morgan fingerprint density at radius 3 is 2.67 bits per heavy atom. The molecule has 2 aromatic rings. The van der Waals surface area contributed by atoms with Gasteiger partial charge in [-0.3, -0.25) is 14.4 Å². The second-order valence-electron chi connectivity index (χ2n) is 8.65. The average Bonchev–Trinajstić information content (AvgIpc) is 3.27. The normalized spacial score (nSPS) is 21.9. The van der Waals surface area contributed by atoms with Crippen molar-refractivity contribution in [1.29, 1.82) is 0 Å². The molecule has 162 valence electrons. The second kappa shape index (κ2) is 8.78. The molecular formula is C23H32N4O3. The molecule has 7 nitrogen and oxygen atoms in total. The maximum Gasteiger partial charge on any atom is 0.228 e. The van der Waals surface area contributed by atoms with Gasteiger partial charge in [-0.25, -0.2) is 0 Å². The van der Waals surface area contributed by atoms with Gasteiger partial charge in [0.2, 0.25) is 5.91 Å². The minimum Gasteiger partial charge on any atom is -0.496 e. The van der Waals surface area contributed by atoms with E-state index in [1.54, 1.807) is 20.4 Å². The number of aromatic nitrogens is 2. The van der Waals surface area contributed by atoms with E-state index in [2.05, 4.69) is 22.1 Å². The SMILES string of the molecule is COc1ccc(CN2CCC3(CC2)CC(OC)CN(C)C3=O)cc1Cn1cccn1. The van der Waals surface area contributed by atoms with Crippen LogP contribution in [0.2, 0.25) is 0 Å². The molecule has 0 saturated carbocycles. The number of likely N-dealkylation sites (tertiary alicyclic amines) is 2. The molecule has 30 heavy (non-hydrogen) atoms. The van der Waals surface area contributed by atoms with Crippen molar-refractivity contribution in [2.24, 2.45) is 5.41 Å². The number of methoxy groups -OCH3 is 2. The van der Waals surface area contributed by atoms with E-state index < -0.39 is 0 Å². The Morgan fingerprint density at radius 2 is 2.00 bits per heavy atom. The molecule has 0 bridgehead atoms. The highest BCUT2D eigenvalue weighted by molar-refractivity contribution is 5.83. The third-order valence-corrected chi connectivity index (χ3v) is 6.69. The fourth-order valence-corrected chi connectivity index (χ4v) is 4.98. The van der Waals surface area contributed by atoms with E-state index in [0.717, 1.165) is 50.2 Å². The fraction of sp³-hybridized carbons (Fsp3) is 0.565.